The lowest BCUT2D eigenvalue weighted by atomic mass is 9.96. The van der Waals surface area contributed by atoms with E-state index in [1.54, 1.807) is 0 Å². The van der Waals surface area contributed by atoms with Crippen LogP contribution in [0.5, 0.6) is 0 Å². The molecule has 11 rings (SSSR count). The highest BCUT2D eigenvalue weighted by molar-refractivity contribution is 7.26. The van der Waals surface area contributed by atoms with Crippen molar-refractivity contribution in [3.63, 3.8) is 0 Å². The minimum Gasteiger partial charge on any atom is -0.263 e. The van der Waals surface area contributed by atoms with Gasteiger partial charge in [-0.25, -0.2) is 0 Å². The summed E-state index contributed by atoms with van der Waals surface area (Å²) in [6.07, 6.45) is 3.91. The van der Waals surface area contributed by atoms with Gasteiger partial charge in [0, 0.05) is 63.9 Å². The van der Waals surface area contributed by atoms with Crippen LogP contribution in [0.4, 0.5) is 0 Å². The molecule has 0 saturated carbocycles. The quantitative estimate of drug-likeness (QED) is 0.165. The lowest BCUT2D eigenvalue weighted by Crippen LogP contribution is -1.86. The van der Waals surface area contributed by atoms with E-state index in [0.717, 1.165) is 22.3 Å². The predicted molar refractivity (Wildman–Crippen MR) is 243 cm³/mol. The first-order chi connectivity index (χ1) is 27.7. The molecular formula is C53H33NS2. The van der Waals surface area contributed by atoms with Crippen molar-refractivity contribution >= 4 is 63.0 Å². The summed E-state index contributed by atoms with van der Waals surface area (Å²) in [5, 5.41) is 5.33. The third-order valence-electron chi connectivity index (χ3n) is 11.0. The molecule has 56 heavy (non-hydrogen) atoms. The fourth-order valence-corrected chi connectivity index (χ4v) is 10.6. The van der Waals surface area contributed by atoms with Crippen molar-refractivity contribution in [2.24, 2.45) is 0 Å². The number of fused-ring (bicyclic) bond motifs is 6. The number of benzene rings is 8. The highest BCUT2D eigenvalue weighted by Gasteiger charge is 2.13. The maximum atomic E-state index is 4.65. The lowest BCUT2D eigenvalue weighted by Gasteiger charge is -2.09. The van der Waals surface area contributed by atoms with Crippen molar-refractivity contribution in [2.45, 2.75) is 0 Å². The van der Waals surface area contributed by atoms with E-state index >= 15 is 0 Å². The van der Waals surface area contributed by atoms with Crippen LogP contribution >= 0.6 is 22.7 Å². The second-order valence-electron chi connectivity index (χ2n) is 14.3. The number of nitrogens with zero attached hydrogens (tertiary/aromatic N) is 1. The number of hydrogen-bond acceptors (Lipinski definition) is 3. The van der Waals surface area contributed by atoms with Crippen molar-refractivity contribution in [1.82, 2.24) is 4.98 Å². The summed E-state index contributed by atoms with van der Waals surface area (Å²) in [4.78, 5) is 4.65. The Hall–Kier alpha value is -6.65. The molecule has 0 atom stereocenters. The largest absolute Gasteiger partial charge is 0.263 e. The van der Waals surface area contributed by atoms with E-state index in [-0.39, 0.29) is 0 Å². The van der Waals surface area contributed by atoms with Gasteiger partial charge in [-0.15, -0.1) is 22.7 Å². The highest BCUT2D eigenvalue weighted by Crippen LogP contribution is 2.42. The summed E-state index contributed by atoms with van der Waals surface area (Å²) in [6.45, 7) is 0. The van der Waals surface area contributed by atoms with Gasteiger partial charge in [-0.05, 0) is 73.8 Å². The van der Waals surface area contributed by atoms with Gasteiger partial charge < -0.3 is 0 Å². The molecule has 0 unspecified atom stereocenters. The standard InChI is InChI=1S/C53H33NS2/c1-3-13-50-46(7-1)48-11-5-9-44(52(48)55-50)40-27-23-36(24-28-40)34-15-19-38(20-16-34)42-31-43(33-54-32-42)39-21-17-35(18-22-39)37-25-29-41(30-26-37)45-10-6-12-49-47-8-2-4-14-51(47)56-53(45)49/h1-33H. The van der Waals surface area contributed by atoms with E-state index in [0.29, 0.717) is 0 Å². The van der Waals surface area contributed by atoms with E-state index in [2.05, 4.69) is 193 Å². The summed E-state index contributed by atoms with van der Waals surface area (Å²) < 4.78 is 5.36. The Kier molecular flexibility index (Phi) is 7.94. The Balaban J connectivity index is 0.807. The molecule has 0 aliphatic carbocycles. The second-order valence-corrected chi connectivity index (χ2v) is 16.4. The Morgan fingerprint density at radius 3 is 0.982 bits per heavy atom. The third kappa shape index (κ3) is 5.72. The van der Waals surface area contributed by atoms with Gasteiger partial charge in [0.1, 0.15) is 0 Å². The molecule has 0 bridgehead atoms. The number of thiophene rings is 2. The molecule has 3 heterocycles. The first-order valence-electron chi connectivity index (χ1n) is 18.9. The van der Waals surface area contributed by atoms with E-state index in [4.69, 9.17) is 0 Å². The van der Waals surface area contributed by atoms with Crippen LogP contribution in [0.15, 0.2) is 200 Å². The highest BCUT2D eigenvalue weighted by atomic mass is 32.1. The Bertz CT molecular complexity index is 2990. The smallest absolute Gasteiger partial charge is 0.0433 e. The van der Waals surface area contributed by atoms with Crippen LogP contribution in [0.2, 0.25) is 0 Å². The maximum absolute atomic E-state index is 4.65. The van der Waals surface area contributed by atoms with Gasteiger partial charge in [0.25, 0.3) is 0 Å². The molecule has 0 saturated heterocycles. The molecule has 0 radical (unpaired) electrons. The molecule has 8 aromatic carbocycles. The molecule has 262 valence electrons. The van der Waals surface area contributed by atoms with Crippen molar-refractivity contribution in [3.05, 3.63) is 200 Å². The molecule has 11 aromatic rings. The lowest BCUT2D eigenvalue weighted by molar-refractivity contribution is 1.33. The molecule has 1 nitrogen and oxygen atoms in total. The fraction of sp³-hybridized carbons (Fsp3) is 0. The normalized spacial score (nSPS) is 11.6. The van der Waals surface area contributed by atoms with Crippen molar-refractivity contribution in [1.29, 1.82) is 0 Å². The van der Waals surface area contributed by atoms with Gasteiger partial charge in [0.15, 0.2) is 0 Å². The summed E-state index contributed by atoms with van der Waals surface area (Å²) >= 11 is 3.76. The fourth-order valence-electron chi connectivity index (χ4n) is 8.10. The predicted octanol–water partition coefficient (Wildman–Crippen LogP) is 15.8. The van der Waals surface area contributed by atoms with E-state index in [1.807, 2.05) is 35.1 Å². The number of pyridine rings is 1. The van der Waals surface area contributed by atoms with Gasteiger partial charge >= 0.3 is 0 Å². The molecule has 0 N–H and O–H groups in total. The maximum Gasteiger partial charge on any atom is 0.0433 e. The monoisotopic (exact) mass is 747 g/mol. The zero-order valence-corrected chi connectivity index (χ0v) is 31.9. The molecule has 0 amide bonds. The van der Waals surface area contributed by atoms with Gasteiger partial charge in [0.05, 0.1) is 0 Å². The Labute approximate surface area is 333 Å². The SMILES string of the molecule is c1ccc2c(c1)sc1c(-c3ccc(-c4ccc(-c5cncc(-c6ccc(-c7ccc(-c8cccc9c8sc8ccccc89)cc7)cc6)c5)cc4)cc3)cccc12. The minimum absolute atomic E-state index is 1.11. The topological polar surface area (TPSA) is 12.9 Å². The van der Waals surface area contributed by atoms with E-state index in [9.17, 15) is 0 Å². The molecule has 3 aromatic heterocycles. The van der Waals surface area contributed by atoms with Crippen LogP contribution in [0, 0.1) is 0 Å². The van der Waals surface area contributed by atoms with Crippen molar-refractivity contribution < 1.29 is 0 Å². The van der Waals surface area contributed by atoms with Crippen LogP contribution in [-0.2, 0) is 0 Å². The minimum atomic E-state index is 1.11. The van der Waals surface area contributed by atoms with E-state index in [1.165, 1.54) is 84.9 Å². The van der Waals surface area contributed by atoms with Gasteiger partial charge in [-0.2, -0.15) is 0 Å². The summed E-state index contributed by atoms with van der Waals surface area (Å²) in [5.41, 5.74) is 14.4. The van der Waals surface area contributed by atoms with Crippen LogP contribution in [0.1, 0.15) is 0 Å². The zero-order valence-electron chi connectivity index (χ0n) is 30.3. The molecule has 3 heteroatoms. The summed E-state index contributed by atoms with van der Waals surface area (Å²) in [6, 6.07) is 68.6. The first kappa shape index (κ1) is 32.8. The molecule has 0 fully saturated rings. The Morgan fingerprint density at radius 1 is 0.268 bits per heavy atom. The summed E-state index contributed by atoms with van der Waals surface area (Å²) in [7, 11) is 0. The average molecular weight is 748 g/mol. The molecule has 0 aliphatic rings. The molecule has 0 aliphatic heterocycles. The van der Waals surface area contributed by atoms with Crippen LogP contribution in [0.3, 0.4) is 0 Å². The van der Waals surface area contributed by atoms with Crippen molar-refractivity contribution in [3.8, 4) is 66.8 Å². The zero-order chi connectivity index (χ0) is 37.0. The number of rotatable bonds is 6. The summed E-state index contributed by atoms with van der Waals surface area (Å²) in [5.74, 6) is 0. The molecule has 0 spiro atoms. The third-order valence-corrected chi connectivity index (χ3v) is 13.5. The van der Waals surface area contributed by atoms with Crippen LogP contribution < -0.4 is 0 Å². The first-order valence-corrected chi connectivity index (χ1v) is 20.5. The van der Waals surface area contributed by atoms with Gasteiger partial charge in [-0.1, -0.05) is 170 Å². The van der Waals surface area contributed by atoms with Gasteiger partial charge in [-0.3, -0.25) is 4.98 Å². The van der Waals surface area contributed by atoms with Crippen LogP contribution in [-0.4, -0.2) is 4.98 Å². The van der Waals surface area contributed by atoms with Crippen LogP contribution in [0.25, 0.3) is 107 Å². The Morgan fingerprint density at radius 2 is 0.589 bits per heavy atom. The average Bonchev–Trinajstić information content (AvgIpc) is 3.86. The number of aromatic nitrogens is 1. The van der Waals surface area contributed by atoms with E-state index < -0.39 is 0 Å². The van der Waals surface area contributed by atoms with Gasteiger partial charge in [0.2, 0.25) is 0 Å². The van der Waals surface area contributed by atoms with Crippen molar-refractivity contribution in [2.75, 3.05) is 0 Å². The second kappa shape index (κ2) is 13.6. The number of hydrogen-bond donors (Lipinski definition) is 0. The molecular weight excluding hydrogens is 715 g/mol.